The Morgan fingerprint density at radius 1 is 0.333 bits per heavy atom. The molecule has 0 spiro atoms. The van der Waals surface area contributed by atoms with Crippen LogP contribution in [0.4, 0.5) is 0 Å². The number of carbonyl (C=O) groups is 3. The van der Waals surface area contributed by atoms with Gasteiger partial charge >= 0.3 is 17.9 Å². The molecule has 1 unspecified atom stereocenters. The molecule has 0 aromatic carbocycles. The number of unbranched alkanes of at least 4 members (excludes halogenated alkanes) is 35. The minimum absolute atomic E-state index is 0.0639. The summed E-state index contributed by atoms with van der Waals surface area (Å²) in [5.74, 6) is 0.817. The molecule has 0 amide bonds. The van der Waals surface area contributed by atoms with Gasteiger partial charge in [0, 0.05) is 19.3 Å². The average Bonchev–Trinajstić information content (AvgIpc) is 3.27. The summed E-state index contributed by atoms with van der Waals surface area (Å²) in [6.07, 6.45) is 52.4. The zero-order chi connectivity index (χ0) is 46.1. The maximum absolute atomic E-state index is 12.8. The van der Waals surface area contributed by atoms with Crippen LogP contribution in [0.2, 0.25) is 0 Å². The van der Waals surface area contributed by atoms with Crippen molar-refractivity contribution in [1.29, 1.82) is 0 Å². The molecule has 0 N–H and O–H groups in total. The zero-order valence-corrected chi connectivity index (χ0v) is 43.2. The average molecular weight is 892 g/mol. The Bertz CT molecular complexity index is 964. The van der Waals surface area contributed by atoms with Gasteiger partial charge in [-0.25, -0.2) is 0 Å². The highest BCUT2D eigenvalue weighted by atomic mass is 16.6. The van der Waals surface area contributed by atoms with Crippen LogP contribution in [-0.4, -0.2) is 37.2 Å². The zero-order valence-electron chi connectivity index (χ0n) is 43.2. The topological polar surface area (TPSA) is 78.9 Å². The first-order valence-corrected chi connectivity index (χ1v) is 28.3. The number of esters is 3. The van der Waals surface area contributed by atoms with Crippen molar-refractivity contribution in [1.82, 2.24) is 0 Å². The molecular weight excluding hydrogens is 781 g/mol. The summed E-state index contributed by atoms with van der Waals surface area (Å²) in [5, 5.41) is 0. The van der Waals surface area contributed by atoms with Crippen LogP contribution in [0.25, 0.3) is 0 Å². The Kier molecular flexibility index (Phi) is 48.6. The van der Waals surface area contributed by atoms with Crippen molar-refractivity contribution in [2.75, 3.05) is 13.2 Å². The molecule has 374 valence electrons. The lowest BCUT2D eigenvalue weighted by molar-refractivity contribution is -0.167. The Morgan fingerprint density at radius 3 is 0.905 bits per heavy atom. The van der Waals surface area contributed by atoms with E-state index >= 15 is 0 Å². The molecule has 0 aliphatic carbocycles. The largest absolute Gasteiger partial charge is 0.462 e. The summed E-state index contributed by atoms with van der Waals surface area (Å²) in [5.41, 5.74) is 0. The molecule has 0 aliphatic heterocycles. The fourth-order valence-corrected chi connectivity index (χ4v) is 8.66. The van der Waals surface area contributed by atoms with Crippen LogP contribution < -0.4 is 0 Å². The van der Waals surface area contributed by atoms with E-state index in [1.54, 1.807) is 0 Å². The standard InChI is InChI=1S/C57H110O6/c1-6-8-9-10-11-12-13-14-15-19-22-25-28-31-37-42-47-55(58)61-50-54(63-57(60)49-44-39-34-33-36-41-46-53(5)7-2)51-62-56(59)48-43-38-32-29-26-23-20-17-16-18-21-24-27-30-35-40-45-52(3)4/h52-54H,6-51H2,1-5H3/t53?,54-/m1/s1. The third-order valence-corrected chi connectivity index (χ3v) is 13.3. The van der Waals surface area contributed by atoms with Gasteiger partial charge in [-0.05, 0) is 31.1 Å². The lowest BCUT2D eigenvalue weighted by atomic mass is 10.00. The van der Waals surface area contributed by atoms with Gasteiger partial charge in [-0.2, -0.15) is 0 Å². The fourth-order valence-electron chi connectivity index (χ4n) is 8.66. The molecule has 0 saturated heterocycles. The van der Waals surface area contributed by atoms with E-state index in [1.165, 1.54) is 205 Å². The van der Waals surface area contributed by atoms with E-state index in [4.69, 9.17) is 14.2 Å². The van der Waals surface area contributed by atoms with Crippen LogP contribution in [0.15, 0.2) is 0 Å². The minimum atomic E-state index is -0.763. The first-order valence-electron chi connectivity index (χ1n) is 28.3. The second-order valence-electron chi connectivity index (χ2n) is 20.3. The van der Waals surface area contributed by atoms with Crippen LogP contribution in [0.3, 0.4) is 0 Å². The molecule has 0 aromatic rings. The molecule has 0 heterocycles. The first kappa shape index (κ1) is 61.4. The summed E-state index contributed by atoms with van der Waals surface area (Å²) >= 11 is 0. The number of rotatable bonds is 51. The van der Waals surface area contributed by atoms with Crippen LogP contribution in [0.1, 0.15) is 317 Å². The monoisotopic (exact) mass is 891 g/mol. The Labute approximate surface area is 393 Å². The lowest BCUT2D eigenvalue weighted by Crippen LogP contribution is -2.30. The minimum Gasteiger partial charge on any atom is -0.462 e. The smallest absolute Gasteiger partial charge is 0.306 e. The molecule has 6 heteroatoms. The first-order chi connectivity index (χ1) is 30.8. The third-order valence-electron chi connectivity index (χ3n) is 13.3. The van der Waals surface area contributed by atoms with Gasteiger partial charge in [-0.3, -0.25) is 14.4 Å². The highest BCUT2D eigenvalue weighted by molar-refractivity contribution is 5.71. The molecular formula is C57H110O6. The SMILES string of the molecule is CCCCCCCCCCCCCCCCCCC(=O)OC[C@H](COC(=O)CCCCCCCCCCCCCCCCCCC(C)C)OC(=O)CCCCCCCCC(C)CC. The second kappa shape index (κ2) is 49.8. The number of carbonyl (C=O) groups excluding carboxylic acids is 3. The van der Waals surface area contributed by atoms with Gasteiger partial charge in [0.2, 0.25) is 0 Å². The summed E-state index contributed by atoms with van der Waals surface area (Å²) in [6.45, 7) is 11.4. The number of ether oxygens (including phenoxy) is 3. The molecule has 0 radical (unpaired) electrons. The van der Waals surface area contributed by atoms with Gasteiger partial charge in [0.1, 0.15) is 13.2 Å². The highest BCUT2D eigenvalue weighted by Crippen LogP contribution is 2.18. The Balaban J connectivity index is 4.22. The van der Waals surface area contributed by atoms with Crippen molar-refractivity contribution in [3.8, 4) is 0 Å². The normalized spacial score (nSPS) is 12.5. The van der Waals surface area contributed by atoms with Gasteiger partial charge < -0.3 is 14.2 Å². The van der Waals surface area contributed by atoms with E-state index < -0.39 is 6.10 Å². The van der Waals surface area contributed by atoms with Crippen molar-refractivity contribution in [2.45, 2.75) is 323 Å². The van der Waals surface area contributed by atoms with Crippen molar-refractivity contribution in [3.05, 3.63) is 0 Å². The van der Waals surface area contributed by atoms with Crippen molar-refractivity contribution >= 4 is 17.9 Å². The molecule has 0 fully saturated rings. The summed E-state index contributed by atoms with van der Waals surface area (Å²) in [7, 11) is 0. The molecule has 6 nitrogen and oxygen atoms in total. The van der Waals surface area contributed by atoms with E-state index in [0.717, 1.165) is 69.6 Å². The van der Waals surface area contributed by atoms with Crippen LogP contribution >= 0.6 is 0 Å². The summed E-state index contributed by atoms with van der Waals surface area (Å²) in [6, 6.07) is 0. The molecule has 0 bridgehead atoms. The maximum atomic E-state index is 12.8. The molecule has 0 rings (SSSR count). The lowest BCUT2D eigenvalue weighted by Gasteiger charge is -2.18. The van der Waals surface area contributed by atoms with Gasteiger partial charge in [-0.1, -0.05) is 279 Å². The van der Waals surface area contributed by atoms with E-state index in [-0.39, 0.29) is 31.1 Å². The van der Waals surface area contributed by atoms with Crippen molar-refractivity contribution in [3.63, 3.8) is 0 Å². The second-order valence-corrected chi connectivity index (χ2v) is 20.3. The van der Waals surface area contributed by atoms with Gasteiger partial charge in [0.25, 0.3) is 0 Å². The highest BCUT2D eigenvalue weighted by Gasteiger charge is 2.19. The molecule has 63 heavy (non-hydrogen) atoms. The van der Waals surface area contributed by atoms with Crippen LogP contribution in [-0.2, 0) is 28.6 Å². The quantitative estimate of drug-likeness (QED) is 0.0344. The Hall–Kier alpha value is -1.59. The third kappa shape index (κ3) is 49.7. The maximum Gasteiger partial charge on any atom is 0.306 e. The molecule has 0 aliphatic rings. The number of hydrogen-bond acceptors (Lipinski definition) is 6. The van der Waals surface area contributed by atoms with Gasteiger partial charge in [-0.15, -0.1) is 0 Å². The van der Waals surface area contributed by atoms with E-state index in [1.807, 2.05) is 0 Å². The van der Waals surface area contributed by atoms with E-state index in [9.17, 15) is 14.4 Å². The van der Waals surface area contributed by atoms with Gasteiger partial charge in [0.05, 0.1) is 0 Å². The Morgan fingerprint density at radius 2 is 0.603 bits per heavy atom. The van der Waals surface area contributed by atoms with Gasteiger partial charge in [0.15, 0.2) is 6.10 Å². The van der Waals surface area contributed by atoms with Crippen LogP contribution in [0.5, 0.6) is 0 Å². The molecule has 0 aromatic heterocycles. The summed E-state index contributed by atoms with van der Waals surface area (Å²) in [4.78, 5) is 38.0. The van der Waals surface area contributed by atoms with E-state index in [2.05, 4.69) is 34.6 Å². The number of hydrogen-bond donors (Lipinski definition) is 0. The molecule has 0 saturated carbocycles. The van der Waals surface area contributed by atoms with Crippen molar-refractivity contribution in [2.24, 2.45) is 11.8 Å². The summed E-state index contributed by atoms with van der Waals surface area (Å²) < 4.78 is 16.8. The molecule has 2 atom stereocenters. The van der Waals surface area contributed by atoms with Crippen molar-refractivity contribution < 1.29 is 28.6 Å². The fraction of sp³-hybridized carbons (Fsp3) is 0.947. The van der Waals surface area contributed by atoms with E-state index in [0.29, 0.717) is 19.3 Å². The predicted molar refractivity (Wildman–Crippen MR) is 270 cm³/mol. The van der Waals surface area contributed by atoms with Crippen LogP contribution in [0, 0.1) is 11.8 Å². The predicted octanol–water partition coefficient (Wildman–Crippen LogP) is 18.5.